The molecule has 1 aromatic heterocycles. The van der Waals surface area contributed by atoms with Gasteiger partial charge in [0, 0.05) is 0 Å². The van der Waals surface area contributed by atoms with Crippen LogP contribution in [0.25, 0.3) is 0 Å². The van der Waals surface area contributed by atoms with Crippen molar-refractivity contribution in [1.82, 2.24) is 0 Å². The predicted octanol–water partition coefficient (Wildman–Crippen LogP) is 2.92. The van der Waals surface area contributed by atoms with Crippen LogP contribution in [-0.4, -0.2) is 17.4 Å². The second-order valence-electron chi connectivity index (χ2n) is 3.84. The summed E-state index contributed by atoms with van der Waals surface area (Å²) in [5.74, 6) is -0.559. The minimum absolute atomic E-state index is 0.348. The van der Waals surface area contributed by atoms with Gasteiger partial charge in [-0.2, -0.15) is 0 Å². The molecular weight excluding hydrogens is 212 g/mol. The summed E-state index contributed by atoms with van der Waals surface area (Å²) in [7, 11) is 0. The molecule has 1 fully saturated rings. The summed E-state index contributed by atoms with van der Waals surface area (Å²) in [6.45, 7) is 0. The zero-order valence-electron chi connectivity index (χ0n) is 8.23. The van der Waals surface area contributed by atoms with Crippen LogP contribution in [0.4, 0.5) is 0 Å². The molecule has 0 unspecified atom stereocenters. The van der Waals surface area contributed by atoms with Gasteiger partial charge >= 0.3 is 5.97 Å². The molecule has 1 aliphatic rings. The number of carbonyl (C=O) groups excluding carboxylic acids is 1. The molecule has 1 aliphatic carbocycles. The summed E-state index contributed by atoms with van der Waals surface area (Å²) in [6, 6.07) is 1.75. The van der Waals surface area contributed by atoms with Crippen molar-refractivity contribution >= 4 is 23.6 Å². The maximum Gasteiger partial charge on any atom is 0.346 e. The third-order valence-electron chi connectivity index (χ3n) is 2.89. The van der Waals surface area contributed by atoms with Crippen LogP contribution in [0, 0.1) is 0 Å². The molecule has 15 heavy (non-hydrogen) atoms. The van der Waals surface area contributed by atoms with Gasteiger partial charge < -0.3 is 5.11 Å². The number of hydrogen-bond acceptors (Lipinski definition) is 3. The highest BCUT2D eigenvalue weighted by molar-refractivity contribution is 7.15. The van der Waals surface area contributed by atoms with E-state index in [0.29, 0.717) is 15.7 Å². The van der Waals surface area contributed by atoms with Crippen molar-refractivity contribution in [2.24, 2.45) is 0 Å². The molecule has 0 bridgehead atoms. The monoisotopic (exact) mass is 224 g/mol. The average molecular weight is 224 g/mol. The quantitative estimate of drug-likeness (QED) is 0.803. The Morgan fingerprint density at radius 2 is 2.13 bits per heavy atom. The van der Waals surface area contributed by atoms with E-state index in [-0.39, 0.29) is 0 Å². The van der Waals surface area contributed by atoms with Crippen molar-refractivity contribution < 1.29 is 14.7 Å². The lowest BCUT2D eigenvalue weighted by Crippen LogP contribution is -2.00. The first-order valence-corrected chi connectivity index (χ1v) is 5.86. The summed E-state index contributed by atoms with van der Waals surface area (Å²) in [5, 5.41) is 9.03. The van der Waals surface area contributed by atoms with E-state index >= 15 is 0 Å². The van der Waals surface area contributed by atoms with Gasteiger partial charge in [-0.1, -0.05) is 12.8 Å². The lowest BCUT2D eigenvalue weighted by atomic mass is 9.98. The van der Waals surface area contributed by atoms with Crippen molar-refractivity contribution in [3.63, 3.8) is 0 Å². The number of carbonyl (C=O) groups is 2. The standard InChI is InChI=1S/C11H12O3S/c12-6-8-5-9(7-3-1-2-4-7)10(15-8)11(13)14/h5-7H,1-4H2,(H,13,14). The molecule has 1 heterocycles. The van der Waals surface area contributed by atoms with E-state index in [9.17, 15) is 9.59 Å². The summed E-state index contributed by atoms with van der Waals surface area (Å²) in [4.78, 5) is 22.5. The van der Waals surface area contributed by atoms with Gasteiger partial charge in [-0.05, 0) is 30.4 Å². The summed E-state index contributed by atoms with van der Waals surface area (Å²) in [5.41, 5.74) is 0.868. The molecule has 0 spiro atoms. The van der Waals surface area contributed by atoms with Gasteiger partial charge in [0.1, 0.15) is 4.88 Å². The molecular formula is C11H12O3S. The Morgan fingerprint density at radius 1 is 1.47 bits per heavy atom. The molecule has 2 rings (SSSR count). The Labute approximate surface area is 91.7 Å². The molecule has 3 nitrogen and oxygen atoms in total. The van der Waals surface area contributed by atoms with Crippen LogP contribution in [0.2, 0.25) is 0 Å². The molecule has 0 aliphatic heterocycles. The van der Waals surface area contributed by atoms with E-state index in [0.717, 1.165) is 48.9 Å². The largest absolute Gasteiger partial charge is 0.477 e. The highest BCUT2D eigenvalue weighted by Crippen LogP contribution is 2.38. The van der Waals surface area contributed by atoms with Crippen molar-refractivity contribution in [2.75, 3.05) is 0 Å². The second kappa shape index (κ2) is 4.14. The normalized spacial score (nSPS) is 16.8. The Hall–Kier alpha value is -1.16. The minimum Gasteiger partial charge on any atom is -0.477 e. The van der Waals surface area contributed by atoms with Gasteiger partial charge in [-0.25, -0.2) is 4.79 Å². The number of aromatic carboxylic acids is 1. The Morgan fingerprint density at radius 3 is 2.67 bits per heavy atom. The Bertz CT molecular complexity index is 389. The van der Waals surface area contributed by atoms with Crippen LogP contribution in [0.15, 0.2) is 6.07 Å². The lowest BCUT2D eigenvalue weighted by Gasteiger charge is -2.07. The fourth-order valence-electron chi connectivity index (χ4n) is 2.19. The molecule has 0 saturated heterocycles. The number of carboxylic acid groups (broad SMARTS) is 1. The van der Waals surface area contributed by atoms with Gasteiger partial charge in [-0.15, -0.1) is 11.3 Å². The first kappa shape index (κ1) is 10.4. The van der Waals surface area contributed by atoms with Crippen LogP contribution in [0.3, 0.4) is 0 Å². The van der Waals surface area contributed by atoms with E-state index in [1.54, 1.807) is 6.07 Å². The molecule has 80 valence electrons. The fourth-order valence-corrected chi connectivity index (χ4v) is 3.09. The maximum absolute atomic E-state index is 11.0. The third kappa shape index (κ3) is 1.95. The van der Waals surface area contributed by atoms with Gasteiger partial charge in [0.05, 0.1) is 4.88 Å². The van der Waals surface area contributed by atoms with Crippen LogP contribution >= 0.6 is 11.3 Å². The van der Waals surface area contributed by atoms with Crippen molar-refractivity contribution in [3.8, 4) is 0 Å². The highest BCUT2D eigenvalue weighted by atomic mass is 32.1. The lowest BCUT2D eigenvalue weighted by molar-refractivity contribution is 0.0700. The highest BCUT2D eigenvalue weighted by Gasteiger charge is 2.24. The Kier molecular flexibility index (Phi) is 2.86. The molecule has 4 heteroatoms. The smallest absolute Gasteiger partial charge is 0.346 e. The van der Waals surface area contributed by atoms with E-state index in [1.165, 1.54) is 0 Å². The van der Waals surface area contributed by atoms with Crippen LogP contribution < -0.4 is 0 Å². The van der Waals surface area contributed by atoms with E-state index in [2.05, 4.69) is 0 Å². The van der Waals surface area contributed by atoms with Gasteiger partial charge in [0.15, 0.2) is 6.29 Å². The number of carboxylic acids is 1. The SMILES string of the molecule is O=Cc1cc(C2CCCC2)c(C(=O)O)s1. The van der Waals surface area contributed by atoms with E-state index < -0.39 is 5.97 Å². The topological polar surface area (TPSA) is 54.4 Å². The fraction of sp³-hybridized carbons (Fsp3) is 0.455. The molecule has 0 radical (unpaired) electrons. The van der Waals surface area contributed by atoms with Gasteiger partial charge in [0.25, 0.3) is 0 Å². The first-order valence-electron chi connectivity index (χ1n) is 5.04. The number of rotatable bonds is 3. The van der Waals surface area contributed by atoms with Gasteiger partial charge in [-0.3, -0.25) is 4.79 Å². The minimum atomic E-state index is -0.907. The van der Waals surface area contributed by atoms with Crippen LogP contribution in [0.5, 0.6) is 0 Å². The van der Waals surface area contributed by atoms with E-state index in [4.69, 9.17) is 5.11 Å². The predicted molar refractivity (Wildman–Crippen MR) is 57.9 cm³/mol. The van der Waals surface area contributed by atoms with Crippen molar-refractivity contribution in [3.05, 3.63) is 21.4 Å². The summed E-state index contributed by atoms with van der Waals surface area (Å²) < 4.78 is 0. The van der Waals surface area contributed by atoms with Crippen LogP contribution in [-0.2, 0) is 0 Å². The number of aldehydes is 1. The van der Waals surface area contributed by atoms with Gasteiger partial charge in [0.2, 0.25) is 0 Å². The number of thiophene rings is 1. The number of hydrogen-bond donors (Lipinski definition) is 1. The molecule has 0 amide bonds. The first-order chi connectivity index (χ1) is 7.22. The van der Waals surface area contributed by atoms with Crippen molar-refractivity contribution in [2.45, 2.75) is 31.6 Å². The van der Waals surface area contributed by atoms with Crippen molar-refractivity contribution in [1.29, 1.82) is 0 Å². The Balaban J connectivity index is 2.38. The third-order valence-corrected chi connectivity index (χ3v) is 3.95. The molecule has 0 atom stereocenters. The van der Waals surface area contributed by atoms with Crippen LogP contribution in [0.1, 0.15) is 56.5 Å². The summed E-state index contributed by atoms with van der Waals surface area (Å²) >= 11 is 1.09. The molecule has 0 aromatic carbocycles. The zero-order valence-corrected chi connectivity index (χ0v) is 9.05. The molecule has 1 saturated carbocycles. The zero-order chi connectivity index (χ0) is 10.8. The second-order valence-corrected chi connectivity index (χ2v) is 4.92. The molecule has 1 N–H and O–H groups in total. The summed E-state index contributed by atoms with van der Waals surface area (Å²) in [6.07, 6.45) is 5.16. The average Bonchev–Trinajstić information content (AvgIpc) is 2.86. The maximum atomic E-state index is 11.0. The molecule has 1 aromatic rings. The van der Waals surface area contributed by atoms with E-state index in [1.807, 2.05) is 0 Å².